The first-order valence-corrected chi connectivity index (χ1v) is 16.4. The minimum absolute atomic E-state index is 0.00514. The Morgan fingerprint density at radius 1 is 1.06 bits per heavy atom. The second-order valence-electron chi connectivity index (χ2n) is 11.6. The average Bonchev–Trinajstić information content (AvgIpc) is 3.76. The van der Waals surface area contributed by atoms with E-state index in [-0.39, 0.29) is 12.6 Å². The number of imidazole rings is 1. The lowest BCUT2D eigenvalue weighted by Crippen LogP contribution is -2.53. The van der Waals surface area contributed by atoms with E-state index in [1.807, 2.05) is 78.3 Å². The lowest BCUT2D eigenvalue weighted by Gasteiger charge is -2.32. The summed E-state index contributed by atoms with van der Waals surface area (Å²) in [4.78, 5) is 64.7. The lowest BCUT2D eigenvalue weighted by atomic mass is 10.0. The summed E-state index contributed by atoms with van der Waals surface area (Å²) in [7, 11) is 3.86. The van der Waals surface area contributed by atoms with Gasteiger partial charge in [0.2, 0.25) is 12.2 Å². The van der Waals surface area contributed by atoms with Crippen molar-refractivity contribution in [3.8, 4) is 0 Å². The summed E-state index contributed by atoms with van der Waals surface area (Å²) in [6.45, 7) is 5.03. The van der Waals surface area contributed by atoms with Gasteiger partial charge in [-0.1, -0.05) is 23.7 Å². The lowest BCUT2D eigenvalue weighted by molar-refractivity contribution is -0.178. The molecule has 5 rings (SSSR count). The zero-order chi connectivity index (χ0) is 33.8. The fourth-order valence-corrected chi connectivity index (χ4v) is 6.64. The van der Waals surface area contributed by atoms with Gasteiger partial charge in [0.1, 0.15) is 10.8 Å². The first-order chi connectivity index (χ1) is 22.4. The Morgan fingerprint density at radius 3 is 2.53 bits per heavy atom. The Morgan fingerprint density at radius 2 is 1.81 bits per heavy atom. The number of ether oxygens (including phenoxy) is 2. The minimum Gasteiger partial charge on any atom is -0.448 e. The van der Waals surface area contributed by atoms with Crippen LogP contribution in [0.3, 0.4) is 0 Å². The minimum atomic E-state index is -1.70. The second kappa shape index (κ2) is 14.5. The highest BCUT2D eigenvalue weighted by Gasteiger charge is 2.44. The van der Waals surface area contributed by atoms with Gasteiger partial charge >= 0.3 is 11.9 Å². The van der Waals surface area contributed by atoms with E-state index in [4.69, 9.17) is 21.1 Å². The summed E-state index contributed by atoms with van der Waals surface area (Å²) in [5.74, 6) is -2.17. The van der Waals surface area contributed by atoms with Gasteiger partial charge in [-0.05, 0) is 55.7 Å². The van der Waals surface area contributed by atoms with Crippen molar-refractivity contribution in [2.45, 2.75) is 65.0 Å². The number of likely N-dealkylation sites (tertiary alicyclic amines) is 1. The summed E-state index contributed by atoms with van der Waals surface area (Å²) >= 11 is 7.47. The predicted octanol–water partition coefficient (Wildman–Crippen LogP) is 4.41. The Bertz CT molecular complexity index is 1800. The van der Waals surface area contributed by atoms with Crippen molar-refractivity contribution in [2.24, 2.45) is 0 Å². The van der Waals surface area contributed by atoms with Gasteiger partial charge in [-0.2, -0.15) is 0 Å². The van der Waals surface area contributed by atoms with Crippen LogP contribution in [0.25, 0.3) is 11.0 Å². The van der Waals surface area contributed by atoms with Gasteiger partial charge in [0.15, 0.2) is 0 Å². The molecule has 0 bridgehead atoms. The van der Waals surface area contributed by atoms with Crippen LogP contribution in [0.5, 0.6) is 0 Å². The van der Waals surface area contributed by atoms with E-state index < -0.39 is 36.0 Å². The van der Waals surface area contributed by atoms with E-state index in [1.165, 1.54) is 11.3 Å². The summed E-state index contributed by atoms with van der Waals surface area (Å²) in [5, 5.41) is 5.80. The summed E-state index contributed by atoms with van der Waals surface area (Å²) < 4.78 is 12.8. The zero-order valence-electron chi connectivity index (χ0n) is 26.9. The smallest absolute Gasteiger partial charge is 0.303 e. The average molecular weight is 681 g/mol. The third-order valence-corrected chi connectivity index (χ3v) is 9.04. The number of carbonyl (C=O) groups excluding carboxylic acids is 4. The van der Waals surface area contributed by atoms with Gasteiger partial charge in [0.05, 0.1) is 35.9 Å². The van der Waals surface area contributed by atoms with Gasteiger partial charge in [-0.3, -0.25) is 19.2 Å². The molecule has 1 fully saturated rings. The number of anilines is 1. The molecule has 12 nitrogen and oxygen atoms in total. The maximum Gasteiger partial charge on any atom is 0.303 e. The van der Waals surface area contributed by atoms with Crippen molar-refractivity contribution in [3.63, 3.8) is 0 Å². The van der Waals surface area contributed by atoms with E-state index in [0.29, 0.717) is 36.0 Å². The van der Waals surface area contributed by atoms with E-state index in [2.05, 4.69) is 15.3 Å². The molecule has 0 radical (unpaired) electrons. The number of fused-ring (bicyclic) bond motifs is 1. The molecule has 3 atom stereocenters. The van der Waals surface area contributed by atoms with Crippen molar-refractivity contribution in [1.29, 1.82) is 0 Å². The topological polar surface area (TPSA) is 136 Å². The molecule has 2 aromatic heterocycles. The Balaban J connectivity index is 1.32. The molecule has 1 aliphatic heterocycles. The molecule has 2 aromatic carbocycles. The maximum absolute atomic E-state index is 14.0. The highest BCUT2D eigenvalue weighted by atomic mass is 35.5. The highest BCUT2D eigenvalue weighted by Crippen LogP contribution is 2.34. The van der Waals surface area contributed by atoms with Crippen LogP contribution in [0.1, 0.15) is 54.8 Å². The molecule has 0 aliphatic carbocycles. The zero-order valence-corrected chi connectivity index (χ0v) is 28.4. The number of halogens is 1. The largest absolute Gasteiger partial charge is 0.448 e. The van der Waals surface area contributed by atoms with Crippen LogP contribution >= 0.6 is 22.9 Å². The van der Waals surface area contributed by atoms with Crippen LogP contribution in [0, 0.1) is 6.92 Å². The molecule has 248 valence electrons. The van der Waals surface area contributed by atoms with Crippen LogP contribution in [0.2, 0.25) is 5.02 Å². The molecule has 1 unspecified atom stereocenters. The van der Waals surface area contributed by atoms with Crippen LogP contribution in [0.4, 0.5) is 5.69 Å². The van der Waals surface area contributed by atoms with Gasteiger partial charge < -0.3 is 29.2 Å². The second-order valence-corrected chi connectivity index (χ2v) is 12.9. The van der Waals surface area contributed by atoms with E-state index in [1.54, 1.807) is 4.90 Å². The van der Waals surface area contributed by atoms with Gasteiger partial charge in [0.25, 0.3) is 11.8 Å². The number of carbonyl (C=O) groups is 4. The SMILES string of the molecule is CC(=O)O[C@@H](C(=O)NCc1nc(Cn2c(C)nc3cc(Cl)ccc32)cs1)[C@@H](OC(C)=O)C(=O)N1CCCC1c1cccc(N(C)C)c1. The number of nitrogens with zero attached hydrogens (tertiary/aromatic N) is 5. The number of esters is 2. The number of aryl methyl sites for hydroxylation is 1. The van der Waals surface area contributed by atoms with Crippen LogP contribution in [-0.2, 0) is 41.7 Å². The number of benzene rings is 2. The number of amides is 2. The van der Waals surface area contributed by atoms with Gasteiger partial charge in [0, 0.05) is 50.6 Å². The molecule has 14 heteroatoms. The standard InChI is InChI=1S/C33H37ClN6O6S/c1-19-36-26-15-23(34)11-12-28(26)40(19)17-24-18-47-29(37-24)16-35-32(43)30(45-20(2)41)31(46-21(3)42)33(44)39-13-7-10-27(39)22-8-6-9-25(14-22)38(4)5/h6,8-9,11-12,14-15,18,27,30-31H,7,10,13,16-17H2,1-5H3,(H,35,43)/t27?,30-,31-/m1/s1. The highest BCUT2D eigenvalue weighted by molar-refractivity contribution is 7.09. The van der Waals surface area contributed by atoms with Crippen molar-refractivity contribution in [2.75, 3.05) is 25.5 Å². The monoisotopic (exact) mass is 680 g/mol. The molecule has 1 N–H and O–H groups in total. The van der Waals surface area contributed by atoms with Crippen molar-refractivity contribution in [3.05, 3.63) is 75.0 Å². The molecule has 3 heterocycles. The third kappa shape index (κ3) is 7.91. The van der Waals surface area contributed by atoms with Crippen molar-refractivity contribution >= 4 is 63.4 Å². The molecule has 47 heavy (non-hydrogen) atoms. The molecule has 2 amide bonds. The van der Waals surface area contributed by atoms with Gasteiger partial charge in [-0.25, -0.2) is 9.97 Å². The summed E-state index contributed by atoms with van der Waals surface area (Å²) in [5.41, 5.74) is 4.36. The normalized spacial score (nSPS) is 15.7. The fraction of sp³-hybridized carbons (Fsp3) is 0.394. The van der Waals surface area contributed by atoms with Crippen LogP contribution < -0.4 is 10.2 Å². The molecule has 0 spiro atoms. The molecule has 4 aromatic rings. The number of hydrogen-bond acceptors (Lipinski definition) is 10. The summed E-state index contributed by atoms with van der Waals surface area (Å²) in [6, 6.07) is 13.1. The Hall–Kier alpha value is -4.49. The predicted molar refractivity (Wildman–Crippen MR) is 178 cm³/mol. The van der Waals surface area contributed by atoms with Gasteiger partial charge in [-0.15, -0.1) is 11.3 Å². The van der Waals surface area contributed by atoms with E-state index >= 15 is 0 Å². The fourth-order valence-electron chi connectivity index (χ4n) is 5.75. The molecular formula is C33H37ClN6O6S. The molecule has 0 saturated carbocycles. The number of aromatic nitrogens is 3. The van der Waals surface area contributed by atoms with E-state index in [0.717, 1.165) is 47.7 Å². The quantitative estimate of drug-likeness (QED) is 0.229. The third-order valence-electron chi connectivity index (χ3n) is 7.90. The molecule has 1 aliphatic rings. The Labute approximate surface area is 281 Å². The van der Waals surface area contributed by atoms with Crippen molar-refractivity contribution in [1.82, 2.24) is 24.8 Å². The Kier molecular flexibility index (Phi) is 10.5. The van der Waals surface area contributed by atoms with E-state index in [9.17, 15) is 19.2 Å². The number of rotatable bonds is 11. The molecular weight excluding hydrogens is 644 g/mol. The number of hydrogen-bond donors (Lipinski definition) is 1. The molecule has 1 saturated heterocycles. The van der Waals surface area contributed by atoms with Crippen LogP contribution in [-0.4, -0.2) is 76.0 Å². The number of thiazole rings is 1. The van der Waals surface area contributed by atoms with Crippen molar-refractivity contribution < 1.29 is 28.7 Å². The maximum atomic E-state index is 14.0. The first kappa shape index (κ1) is 33.9. The number of nitrogens with one attached hydrogen (secondary N) is 1. The summed E-state index contributed by atoms with van der Waals surface area (Å²) in [6.07, 6.45) is -1.97. The first-order valence-electron chi connectivity index (χ1n) is 15.2. The van der Waals surface area contributed by atoms with Crippen LogP contribution in [0.15, 0.2) is 47.8 Å².